The number of para-hydroxylation sites is 1. The number of nitrogens with zero attached hydrogens (tertiary/aromatic N) is 1. The Morgan fingerprint density at radius 1 is 1.14 bits per heavy atom. The summed E-state index contributed by atoms with van der Waals surface area (Å²) >= 11 is 3.53. The highest BCUT2D eigenvalue weighted by Gasteiger charge is 2.16. The normalized spacial score (nSPS) is 13.0. The van der Waals surface area contributed by atoms with Gasteiger partial charge < -0.3 is 30.1 Å². The number of phenols is 1. The maximum atomic E-state index is 12.4. The molecule has 0 aromatic heterocycles. The molecule has 2 aromatic carbocycles. The van der Waals surface area contributed by atoms with E-state index in [1.807, 2.05) is 37.1 Å². The number of hydrogen-bond donors (Lipinski definition) is 3. The van der Waals surface area contributed by atoms with Crippen LogP contribution >= 0.6 is 15.9 Å². The molecule has 190 valence electrons. The number of phenolic OH excluding ortho intramolecular Hbond substituents is 1. The standard InChI is InChI=1S/C28H32BrN3O4/c1-5-23(29)20(3)32(4)27(16-19(2)22-10-6-7-11-24(22)33)30-14-8-9-15-31-28(34)21-12-13-25-26(17-21)36-18-35-25/h5-7,10-13,16-17,30,33H,1-2,8-9,14-15,18H2,3-4H3,(H,31,34)/b23-20+,27-16-. The molecular weight excluding hydrogens is 522 g/mol. The van der Waals surface area contributed by atoms with E-state index in [0.29, 0.717) is 41.3 Å². The monoisotopic (exact) mass is 553 g/mol. The molecule has 0 spiro atoms. The van der Waals surface area contributed by atoms with Crippen LogP contribution in [0.25, 0.3) is 5.57 Å². The fourth-order valence-corrected chi connectivity index (χ4v) is 3.82. The van der Waals surface area contributed by atoms with Crippen molar-refractivity contribution in [1.29, 1.82) is 0 Å². The smallest absolute Gasteiger partial charge is 0.251 e. The third-order valence-electron chi connectivity index (χ3n) is 5.78. The van der Waals surface area contributed by atoms with Gasteiger partial charge in [0.25, 0.3) is 5.91 Å². The Morgan fingerprint density at radius 3 is 2.56 bits per heavy atom. The summed E-state index contributed by atoms with van der Waals surface area (Å²) < 4.78 is 11.5. The molecule has 3 N–H and O–H groups in total. The lowest BCUT2D eigenvalue weighted by Gasteiger charge is -2.26. The Hall–Kier alpha value is -3.65. The van der Waals surface area contributed by atoms with E-state index in [0.717, 1.165) is 28.8 Å². The van der Waals surface area contributed by atoms with Crippen molar-refractivity contribution in [3.8, 4) is 17.2 Å². The van der Waals surface area contributed by atoms with Crippen LogP contribution in [0.15, 0.2) is 83.8 Å². The third-order valence-corrected chi connectivity index (χ3v) is 6.68. The summed E-state index contributed by atoms with van der Waals surface area (Å²) in [6.07, 6.45) is 5.28. The minimum Gasteiger partial charge on any atom is -0.507 e. The van der Waals surface area contributed by atoms with Crippen molar-refractivity contribution < 1.29 is 19.4 Å². The Kier molecular flexibility index (Phi) is 9.64. The highest BCUT2D eigenvalue weighted by molar-refractivity contribution is 9.11. The average Bonchev–Trinajstić information content (AvgIpc) is 3.36. The Bertz CT molecular complexity index is 1190. The minimum atomic E-state index is -0.143. The maximum Gasteiger partial charge on any atom is 0.251 e. The summed E-state index contributed by atoms with van der Waals surface area (Å²) in [4.78, 5) is 14.4. The molecular formula is C28H32BrN3O4. The van der Waals surface area contributed by atoms with Gasteiger partial charge in [0, 0.05) is 41.4 Å². The van der Waals surface area contributed by atoms with E-state index in [1.54, 1.807) is 36.4 Å². The van der Waals surface area contributed by atoms with Crippen molar-refractivity contribution in [3.05, 3.63) is 94.9 Å². The lowest BCUT2D eigenvalue weighted by atomic mass is 10.1. The van der Waals surface area contributed by atoms with Gasteiger partial charge in [0.2, 0.25) is 6.79 Å². The topological polar surface area (TPSA) is 83.1 Å². The number of allylic oxidation sites excluding steroid dienone is 5. The molecule has 0 radical (unpaired) electrons. The lowest BCUT2D eigenvalue weighted by molar-refractivity contribution is 0.0952. The van der Waals surface area contributed by atoms with Crippen molar-refractivity contribution in [2.45, 2.75) is 19.8 Å². The SMILES string of the molecule is C=C/C(Br)=C(/C)N(C)/C(=C\C(=C)c1ccccc1O)NCCCCNC(=O)c1ccc2c(c1)OCO2. The van der Waals surface area contributed by atoms with Gasteiger partial charge in [-0.05, 0) is 71.6 Å². The number of carbonyl (C=O) groups is 1. The molecule has 1 heterocycles. The predicted molar refractivity (Wildman–Crippen MR) is 147 cm³/mol. The molecule has 0 unspecified atom stereocenters. The van der Waals surface area contributed by atoms with Crippen LogP contribution in [0.5, 0.6) is 17.2 Å². The van der Waals surface area contributed by atoms with Crippen molar-refractivity contribution in [2.24, 2.45) is 0 Å². The van der Waals surface area contributed by atoms with Gasteiger partial charge in [-0.25, -0.2) is 0 Å². The van der Waals surface area contributed by atoms with Crippen LogP contribution in [-0.2, 0) is 0 Å². The van der Waals surface area contributed by atoms with E-state index < -0.39 is 0 Å². The van der Waals surface area contributed by atoms with E-state index in [4.69, 9.17) is 9.47 Å². The van der Waals surface area contributed by atoms with E-state index in [-0.39, 0.29) is 18.4 Å². The third kappa shape index (κ3) is 6.95. The van der Waals surface area contributed by atoms with Crippen LogP contribution in [0.4, 0.5) is 0 Å². The van der Waals surface area contributed by atoms with Gasteiger partial charge >= 0.3 is 0 Å². The highest BCUT2D eigenvalue weighted by Crippen LogP contribution is 2.32. The van der Waals surface area contributed by atoms with Crippen LogP contribution < -0.4 is 20.1 Å². The van der Waals surface area contributed by atoms with Gasteiger partial charge in [-0.15, -0.1) is 0 Å². The number of carbonyl (C=O) groups excluding carboxylic acids is 1. The van der Waals surface area contributed by atoms with Gasteiger partial charge in [0.1, 0.15) is 11.6 Å². The molecule has 0 atom stereocenters. The van der Waals surface area contributed by atoms with Gasteiger partial charge in [-0.2, -0.15) is 0 Å². The van der Waals surface area contributed by atoms with E-state index in [1.165, 1.54) is 0 Å². The number of halogens is 1. The van der Waals surface area contributed by atoms with Gasteiger partial charge in [-0.3, -0.25) is 4.79 Å². The molecule has 1 amide bonds. The van der Waals surface area contributed by atoms with Crippen molar-refractivity contribution in [1.82, 2.24) is 15.5 Å². The van der Waals surface area contributed by atoms with Crippen LogP contribution in [-0.4, -0.2) is 42.8 Å². The van der Waals surface area contributed by atoms with Gasteiger partial charge in [0.05, 0.1) is 0 Å². The van der Waals surface area contributed by atoms with Gasteiger partial charge in [-0.1, -0.05) is 37.4 Å². The summed E-state index contributed by atoms with van der Waals surface area (Å²) in [5.41, 5.74) is 2.86. The Balaban J connectivity index is 1.56. The van der Waals surface area contributed by atoms with E-state index in [2.05, 4.69) is 39.7 Å². The zero-order chi connectivity index (χ0) is 26.1. The number of hydrogen-bond acceptors (Lipinski definition) is 6. The summed E-state index contributed by atoms with van der Waals surface area (Å²) in [7, 11) is 1.95. The molecule has 0 aliphatic carbocycles. The quantitative estimate of drug-likeness (QED) is 0.237. The number of nitrogens with one attached hydrogen (secondary N) is 2. The first kappa shape index (κ1) is 26.9. The maximum absolute atomic E-state index is 12.4. The van der Waals surface area contributed by atoms with Crippen molar-refractivity contribution in [3.63, 3.8) is 0 Å². The number of amides is 1. The van der Waals surface area contributed by atoms with E-state index in [9.17, 15) is 9.90 Å². The molecule has 7 nitrogen and oxygen atoms in total. The highest BCUT2D eigenvalue weighted by atomic mass is 79.9. The summed E-state index contributed by atoms with van der Waals surface area (Å²) in [5, 5.41) is 16.6. The van der Waals surface area contributed by atoms with Crippen molar-refractivity contribution >= 4 is 27.4 Å². The van der Waals surface area contributed by atoms with Crippen LogP contribution in [0, 0.1) is 0 Å². The van der Waals surface area contributed by atoms with Crippen LogP contribution in [0.2, 0.25) is 0 Å². The number of fused-ring (bicyclic) bond motifs is 1. The number of aromatic hydroxyl groups is 1. The molecule has 1 aliphatic heterocycles. The van der Waals surface area contributed by atoms with Gasteiger partial charge in [0.15, 0.2) is 11.5 Å². The van der Waals surface area contributed by atoms with Crippen LogP contribution in [0.3, 0.4) is 0 Å². The second kappa shape index (κ2) is 12.9. The molecule has 0 bridgehead atoms. The average molecular weight is 554 g/mol. The molecule has 0 fully saturated rings. The molecule has 2 aromatic rings. The van der Waals surface area contributed by atoms with Crippen LogP contribution in [0.1, 0.15) is 35.7 Å². The molecule has 0 saturated carbocycles. The van der Waals surface area contributed by atoms with Crippen molar-refractivity contribution in [2.75, 3.05) is 26.9 Å². The van der Waals surface area contributed by atoms with E-state index >= 15 is 0 Å². The molecule has 3 rings (SSSR count). The molecule has 1 aliphatic rings. The first-order valence-corrected chi connectivity index (χ1v) is 12.4. The fraction of sp³-hybridized carbons (Fsp3) is 0.250. The second-order valence-electron chi connectivity index (χ2n) is 8.23. The number of ether oxygens (including phenoxy) is 2. The fourth-order valence-electron chi connectivity index (χ4n) is 3.55. The number of benzene rings is 2. The minimum absolute atomic E-state index is 0.143. The Morgan fingerprint density at radius 2 is 1.83 bits per heavy atom. The zero-order valence-corrected chi connectivity index (χ0v) is 22.2. The second-order valence-corrected chi connectivity index (χ2v) is 9.08. The molecule has 8 heteroatoms. The number of rotatable bonds is 12. The zero-order valence-electron chi connectivity index (χ0n) is 20.6. The lowest BCUT2D eigenvalue weighted by Crippen LogP contribution is -2.29. The first-order chi connectivity index (χ1) is 17.3. The first-order valence-electron chi connectivity index (χ1n) is 11.6. The molecule has 36 heavy (non-hydrogen) atoms. The molecule has 0 saturated heterocycles. The summed E-state index contributed by atoms with van der Waals surface area (Å²) in [6, 6.07) is 12.3. The Labute approximate surface area is 220 Å². The number of unbranched alkanes of at least 4 members (excludes halogenated alkanes) is 1. The largest absolute Gasteiger partial charge is 0.507 e. The summed E-state index contributed by atoms with van der Waals surface area (Å²) in [5.74, 6) is 2.10. The predicted octanol–water partition coefficient (Wildman–Crippen LogP) is 5.52. The summed E-state index contributed by atoms with van der Waals surface area (Å²) in [6.45, 7) is 11.4.